The van der Waals surface area contributed by atoms with Gasteiger partial charge < -0.3 is 5.11 Å². The van der Waals surface area contributed by atoms with Gasteiger partial charge in [0.05, 0.1) is 18.5 Å². The van der Waals surface area contributed by atoms with E-state index in [1.54, 1.807) is 12.4 Å². The van der Waals surface area contributed by atoms with Crippen LogP contribution in [0.1, 0.15) is 24.0 Å². The Hall–Kier alpha value is -1.65. The molecule has 1 atom stereocenters. The first-order valence-electron chi connectivity index (χ1n) is 7.66. The molecule has 1 aromatic heterocycles. The first-order chi connectivity index (χ1) is 10.7. The molecule has 1 unspecified atom stereocenters. The molecule has 0 fully saturated rings. The van der Waals surface area contributed by atoms with E-state index < -0.39 is 12.9 Å². The average molecular weight is 321 g/mol. The Kier molecular flexibility index (Phi) is 2.15. The topological polar surface area (TPSA) is 38.1 Å². The third-order valence-corrected chi connectivity index (χ3v) is 3.40. The van der Waals surface area contributed by atoms with Crippen molar-refractivity contribution in [2.75, 3.05) is 0 Å². The molecule has 3 aromatic rings. The van der Waals surface area contributed by atoms with Crippen molar-refractivity contribution in [3.63, 3.8) is 0 Å². The predicted molar refractivity (Wildman–Crippen MR) is 79.4 cm³/mol. The molecule has 1 heterocycles. The van der Waals surface area contributed by atoms with Crippen molar-refractivity contribution in [1.82, 2.24) is 9.55 Å². The van der Waals surface area contributed by atoms with E-state index in [0.29, 0.717) is 5.52 Å². The summed E-state index contributed by atoms with van der Waals surface area (Å²) < 4.78 is 32.4. The van der Waals surface area contributed by atoms with E-state index in [1.807, 2.05) is 28.8 Å². The molecule has 0 saturated heterocycles. The largest absolute Gasteiger partial charge is 0.389 e. The first kappa shape index (κ1) is 8.51. The Balaban J connectivity index is 2.11. The third kappa shape index (κ3) is 2.29. The number of aromatic nitrogens is 2. The predicted octanol–water partition coefficient (Wildman–Crippen LogP) is 3.84. The minimum absolute atomic E-state index is 0.00973. The Morgan fingerprint density at radius 3 is 3.05 bits per heavy atom. The summed E-state index contributed by atoms with van der Waals surface area (Å²) in [4.78, 5) is 4.25. The number of aliphatic hydroxyl groups is 1. The summed E-state index contributed by atoms with van der Waals surface area (Å²) in [5.41, 5.74) is 2.15. The van der Waals surface area contributed by atoms with Crippen LogP contribution in [-0.2, 0) is 0 Å². The van der Waals surface area contributed by atoms with Crippen LogP contribution in [0.4, 0.5) is 0 Å². The monoisotopic (exact) mass is 320 g/mol. The Morgan fingerprint density at radius 2 is 2.26 bits per heavy atom. The second-order valence-electron chi connectivity index (χ2n) is 4.15. The first-order valence-corrected chi connectivity index (χ1v) is 6.45. The number of imidazole rings is 1. The van der Waals surface area contributed by atoms with Gasteiger partial charge in [0.25, 0.3) is 0 Å². The zero-order chi connectivity index (χ0) is 16.8. The highest BCUT2D eigenvalue weighted by Gasteiger charge is 2.07. The fourth-order valence-electron chi connectivity index (χ4n) is 1.99. The van der Waals surface area contributed by atoms with Crippen LogP contribution in [0.15, 0.2) is 53.3 Å². The van der Waals surface area contributed by atoms with Crippen LogP contribution >= 0.6 is 15.9 Å². The van der Waals surface area contributed by atoms with E-state index >= 15 is 0 Å². The zero-order valence-electron chi connectivity index (χ0n) is 13.8. The van der Waals surface area contributed by atoms with Crippen molar-refractivity contribution in [1.29, 1.82) is 0 Å². The van der Waals surface area contributed by atoms with Crippen LogP contribution in [0.25, 0.3) is 16.7 Å². The van der Waals surface area contributed by atoms with Crippen molar-refractivity contribution < 1.29 is 10.6 Å². The maximum atomic E-state index is 10.0. The summed E-state index contributed by atoms with van der Waals surface area (Å²) in [7, 11) is 0. The summed E-state index contributed by atoms with van der Waals surface area (Å²) in [6.07, 6.45) is -1.05. The van der Waals surface area contributed by atoms with Gasteiger partial charge in [-0.25, -0.2) is 4.98 Å². The van der Waals surface area contributed by atoms with Crippen molar-refractivity contribution >= 4 is 27.0 Å². The molecule has 4 heteroatoms. The van der Waals surface area contributed by atoms with Gasteiger partial charge in [-0.15, -0.1) is 0 Å². The van der Waals surface area contributed by atoms with Crippen LogP contribution < -0.4 is 0 Å². The minimum atomic E-state index is -2.84. The normalized spacial score (nSPS) is 18.2. The number of halogens is 1. The molecule has 1 N–H and O–H groups in total. The van der Waals surface area contributed by atoms with Gasteiger partial charge in [-0.1, -0.05) is 28.1 Å². The zero-order valence-corrected chi connectivity index (χ0v) is 11.4. The molecule has 0 aliphatic heterocycles. The van der Waals surface area contributed by atoms with Gasteiger partial charge in [0.2, 0.25) is 0 Å². The molecule has 0 aliphatic rings. The number of hydrogen-bond donors (Lipinski definition) is 1. The standard InChI is InChI=1S/C15H13BrN2O/c1-10(19)11-5-6-15-14(7-11)17-9-18(15)13-4-2-3-12(16)8-13/h2-10,19H,1H3/i1D3,10D. The number of hydrogen-bond acceptors (Lipinski definition) is 2. The van der Waals surface area contributed by atoms with Crippen molar-refractivity contribution in [2.45, 2.75) is 12.9 Å². The van der Waals surface area contributed by atoms with E-state index in [1.165, 1.54) is 12.1 Å². The molecular weight excluding hydrogens is 304 g/mol. The third-order valence-electron chi connectivity index (χ3n) is 2.91. The summed E-state index contributed by atoms with van der Waals surface area (Å²) in [6.45, 7) is -2.84. The van der Waals surface area contributed by atoms with Gasteiger partial charge in [0.15, 0.2) is 0 Å². The van der Waals surface area contributed by atoms with E-state index in [-0.39, 0.29) is 5.56 Å². The van der Waals surface area contributed by atoms with Crippen LogP contribution in [-0.4, -0.2) is 14.7 Å². The van der Waals surface area contributed by atoms with Crippen molar-refractivity contribution in [2.24, 2.45) is 0 Å². The molecule has 0 bridgehead atoms. The minimum Gasteiger partial charge on any atom is -0.389 e. The lowest BCUT2D eigenvalue weighted by Gasteiger charge is -2.07. The summed E-state index contributed by atoms with van der Waals surface area (Å²) in [5.74, 6) is 0. The fourth-order valence-corrected chi connectivity index (χ4v) is 2.38. The van der Waals surface area contributed by atoms with Crippen molar-refractivity contribution in [3.8, 4) is 5.69 Å². The Labute approximate surface area is 125 Å². The van der Waals surface area contributed by atoms with Crippen LogP contribution in [0.2, 0.25) is 0 Å². The van der Waals surface area contributed by atoms with Gasteiger partial charge in [-0.3, -0.25) is 4.57 Å². The van der Waals surface area contributed by atoms with E-state index in [9.17, 15) is 5.11 Å². The maximum Gasteiger partial charge on any atom is 0.100 e. The summed E-state index contributed by atoms with van der Waals surface area (Å²) in [6, 6.07) is 12.2. The molecule has 3 rings (SSSR count). The molecule has 0 radical (unpaired) electrons. The number of fused-ring (bicyclic) bond motifs is 1. The highest BCUT2D eigenvalue weighted by Crippen LogP contribution is 2.23. The van der Waals surface area contributed by atoms with Crippen LogP contribution in [0.5, 0.6) is 0 Å². The lowest BCUT2D eigenvalue weighted by Crippen LogP contribution is -1.93. The second kappa shape index (κ2) is 4.79. The Bertz CT molecular complexity index is 873. The lowest BCUT2D eigenvalue weighted by atomic mass is 10.1. The second-order valence-corrected chi connectivity index (χ2v) is 5.06. The molecule has 96 valence electrons. The number of benzene rings is 2. The molecule has 2 aromatic carbocycles. The Morgan fingerprint density at radius 1 is 1.37 bits per heavy atom. The quantitative estimate of drug-likeness (QED) is 0.779. The molecule has 0 aliphatic carbocycles. The maximum absolute atomic E-state index is 10.0. The molecule has 0 saturated carbocycles. The van der Waals surface area contributed by atoms with Crippen molar-refractivity contribution in [3.05, 3.63) is 58.8 Å². The van der Waals surface area contributed by atoms with E-state index in [4.69, 9.17) is 5.48 Å². The SMILES string of the molecule is [2H]C([2H])([2H])C([2H])(O)c1ccc2c(c1)ncn2-c1cccc(Br)c1. The molecule has 0 amide bonds. The van der Waals surface area contributed by atoms with E-state index in [0.717, 1.165) is 15.7 Å². The van der Waals surface area contributed by atoms with Crippen LogP contribution in [0.3, 0.4) is 0 Å². The lowest BCUT2D eigenvalue weighted by molar-refractivity contribution is 0.199. The molecule has 19 heavy (non-hydrogen) atoms. The van der Waals surface area contributed by atoms with Gasteiger partial charge in [0, 0.05) is 14.3 Å². The molecule has 0 spiro atoms. The summed E-state index contributed by atoms with van der Waals surface area (Å²) in [5, 5.41) is 10.0. The average Bonchev–Trinajstić information content (AvgIpc) is 2.89. The highest BCUT2D eigenvalue weighted by atomic mass is 79.9. The van der Waals surface area contributed by atoms with Gasteiger partial charge >= 0.3 is 0 Å². The number of rotatable bonds is 2. The van der Waals surface area contributed by atoms with Gasteiger partial charge in [-0.2, -0.15) is 0 Å². The summed E-state index contributed by atoms with van der Waals surface area (Å²) >= 11 is 3.42. The highest BCUT2D eigenvalue weighted by molar-refractivity contribution is 9.10. The van der Waals surface area contributed by atoms with Gasteiger partial charge in [-0.05, 0) is 42.7 Å². The smallest absolute Gasteiger partial charge is 0.100 e. The number of nitrogens with zero attached hydrogens (tertiary/aromatic N) is 2. The van der Waals surface area contributed by atoms with Gasteiger partial charge in [0.1, 0.15) is 6.33 Å². The molecule has 3 nitrogen and oxygen atoms in total. The molecular formula is C15H13BrN2O. The fraction of sp³-hybridized carbons (Fsp3) is 0.133. The van der Waals surface area contributed by atoms with E-state index in [2.05, 4.69) is 20.9 Å². The van der Waals surface area contributed by atoms with Crippen LogP contribution in [0, 0.1) is 0 Å².